The minimum absolute atomic E-state index is 0.0380. The maximum atomic E-state index is 11.2. The van der Waals surface area contributed by atoms with Crippen molar-refractivity contribution in [3.05, 3.63) is 34.3 Å². The molecular weight excluding hydrogens is 294 g/mol. The molecule has 2 unspecified atom stereocenters. The van der Waals surface area contributed by atoms with Gasteiger partial charge in [-0.15, -0.1) is 0 Å². The van der Waals surface area contributed by atoms with Gasteiger partial charge in [-0.25, -0.2) is 0 Å². The van der Waals surface area contributed by atoms with E-state index in [0.717, 1.165) is 22.9 Å². The molecule has 0 aliphatic heterocycles. The van der Waals surface area contributed by atoms with Crippen LogP contribution in [-0.2, 0) is 4.79 Å². The van der Waals surface area contributed by atoms with Crippen molar-refractivity contribution >= 4 is 21.9 Å². The first kappa shape index (κ1) is 15.2. The van der Waals surface area contributed by atoms with Crippen LogP contribution in [0.5, 0.6) is 0 Å². The molecule has 0 aliphatic rings. The SMILES string of the molecule is CCCCC(NC(C)c1ccc(Br)cc1)C(=O)O. The predicted octanol–water partition coefficient (Wildman–Crippen LogP) is 3.74. The number of hydrogen-bond acceptors (Lipinski definition) is 2. The number of hydrogen-bond donors (Lipinski definition) is 2. The summed E-state index contributed by atoms with van der Waals surface area (Å²) in [6, 6.07) is 7.51. The fraction of sp³-hybridized carbons (Fsp3) is 0.500. The number of halogens is 1. The Morgan fingerprint density at radius 3 is 2.50 bits per heavy atom. The van der Waals surface area contributed by atoms with Crippen molar-refractivity contribution in [1.29, 1.82) is 0 Å². The number of unbranched alkanes of at least 4 members (excludes halogenated alkanes) is 1. The number of aliphatic carboxylic acids is 1. The van der Waals surface area contributed by atoms with Gasteiger partial charge in [-0.05, 0) is 31.0 Å². The number of carboxylic acid groups (broad SMARTS) is 1. The molecule has 2 N–H and O–H groups in total. The van der Waals surface area contributed by atoms with Crippen molar-refractivity contribution in [2.45, 2.75) is 45.2 Å². The molecule has 0 heterocycles. The van der Waals surface area contributed by atoms with E-state index in [9.17, 15) is 4.79 Å². The highest BCUT2D eigenvalue weighted by atomic mass is 79.9. The molecule has 1 aromatic rings. The molecule has 0 aromatic heterocycles. The summed E-state index contributed by atoms with van der Waals surface area (Å²) in [5.41, 5.74) is 1.10. The van der Waals surface area contributed by atoms with Crippen molar-refractivity contribution in [2.75, 3.05) is 0 Å². The largest absolute Gasteiger partial charge is 0.480 e. The fourth-order valence-electron chi connectivity index (χ4n) is 1.84. The molecule has 1 rings (SSSR count). The zero-order valence-corrected chi connectivity index (χ0v) is 12.4. The van der Waals surface area contributed by atoms with Gasteiger partial charge < -0.3 is 5.11 Å². The van der Waals surface area contributed by atoms with E-state index in [1.54, 1.807) is 0 Å². The lowest BCUT2D eigenvalue weighted by Gasteiger charge is -2.20. The quantitative estimate of drug-likeness (QED) is 0.806. The summed E-state index contributed by atoms with van der Waals surface area (Å²) in [6.07, 6.45) is 2.61. The molecule has 100 valence electrons. The molecule has 0 radical (unpaired) electrons. The summed E-state index contributed by atoms with van der Waals surface area (Å²) in [4.78, 5) is 11.2. The fourth-order valence-corrected chi connectivity index (χ4v) is 2.10. The Kier molecular flexibility index (Phi) is 6.36. The van der Waals surface area contributed by atoms with E-state index in [0.29, 0.717) is 6.42 Å². The predicted molar refractivity (Wildman–Crippen MR) is 76.6 cm³/mol. The second-order valence-electron chi connectivity index (χ2n) is 4.47. The molecule has 0 saturated carbocycles. The number of nitrogens with one attached hydrogen (secondary N) is 1. The molecule has 1 aromatic carbocycles. The average molecular weight is 314 g/mol. The monoisotopic (exact) mass is 313 g/mol. The van der Waals surface area contributed by atoms with Gasteiger partial charge in [0.2, 0.25) is 0 Å². The lowest BCUT2D eigenvalue weighted by molar-refractivity contribution is -0.139. The third kappa shape index (κ3) is 4.78. The van der Waals surface area contributed by atoms with Gasteiger partial charge in [0.25, 0.3) is 0 Å². The Balaban J connectivity index is 2.62. The molecule has 18 heavy (non-hydrogen) atoms. The number of rotatable bonds is 7. The highest BCUT2D eigenvalue weighted by Crippen LogP contribution is 2.17. The van der Waals surface area contributed by atoms with Crippen LogP contribution in [-0.4, -0.2) is 17.1 Å². The summed E-state index contributed by atoms with van der Waals surface area (Å²) >= 11 is 3.39. The van der Waals surface area contributed by atoms with E-state index in [1.807, 2.05) is 31.2 Å². The zero-order valence-electron chi connectivity index (χ0n) is 10.8. The van der Waals surface area contributed by atoms with Gasteiger partial charge in [-0.2, -0.15) is 0 Å². The molecule has 0 saturated heterocycles. The molecule has 0 fully saturated rings. The van der Waals surface area contributed by atoms with E-state index >= 15 is 0 Å². The van der Waals surface area contributed by atoms with Crippen LogP contribution in [0.2, 0.25) is 0 Å². The van der Waals surface area contributed by atoms with Crippen LogP contribution in [0.25, 0.3) is 0 Å². The molecule has 0 aliphatic carbocycles. The summed E-state index contributed by atoms with van der Waals surface area (Å²) in [5, 5.41) is 12.3. The first-order valence-corrected chi connectivity index (χ1v) is 7.08. The first-order chi connectivity index (χ1) is 8.54. The van der Waals surface area contributed by atoms with Gasteiger partial charge in [0.15, 0.2) is 0 Å². The molecule has 0 spiro atoms. The highest BCUT2D eigenvalue weighted by molar-refractivity contribution is 9.10. The lowest BCUT2D eigenvalue weighted by atomic mass is 10.1. The van der Waals surface area contributed by atoms with Crippen LogP contribution in [0, 0.1) is 0 Å². The molecule has 0 bridgehead atoms. The molecule has 2 atom stereocenters. The first-order valence-electron chi connectivity index (χ1n) is 6.29. The lowest BCUT2D eigenvalue weighted by Crippen LogP contribution is -2.38. The van der Waals surface area contributed by atoms with Crippen LogP contribution >= 0.6 is 15.9 Å². The van der Waals surface area contributed by atoms with Crippen molar-refractivity contribution in [3.63, 3.8) is 0 Å². The minimum Gasteiger partial charge on any atom is -0.480 e. The molecule has 4 heteroatoms. The Bertz CT molecular complexity index is 378. The van der Waals surface area contributed by atoms with Gasteiger partial charge in [0.1, 0.15) is 6.04 Å². The summed E-state index contributed by atoms with van der Waals surface area (Å²) in [6.45, 7) is 4.06. The number of benzene rings is 1. The van der Waals surface area contributed by atoms with Crippen LogP contribution in [0.3, 0.4) is 0 Å². The maximum absolute atomic E-state index is 11.2. The Morgan fingerprint density at radius 1 is 1.39 bits per heavy atom. The summed E-state index contributed by atoms with van der Waals surface area (Å²) in [5.74, 6) is -0.771. The Morgan fingerprint density at radius 2 is 2.00 bits per heavy atom. The van der Waals surface area contributed by atoms with Gasteiger partial charge in [0.05, 0.1) is 0 Å². The second-order valence-corrected chi connectivity index (χ2v) is 5.39. The zero-order chi connectivity index (χ0) is 13.5. The van der Waals surface area contributed by atoms with E-state index in [-0.39, 0.29) is 6.04 Å². The molecule has 3 nitrogen and oxygen atoms in total. The summed E-state index contributed by atoms with van der Waals surface area (Å²) < 4.78 is 1.03. The van der Waals surface area contributed by atoms with Gasteiger partial charge in [-0.1, -0.05) is 47.8 Å². The summed E-state index contributed by atoms with van der Waals surface area (Å²) in [7, 11) is 0. The van der Waals surface area contributed by atoms with Crippen LogP contribution in [0.1, 0.15) is 44.7 Å². The molecule has 0 amide bonds. The van der Waals surface area contributed by atoms with Crippen molar-refractivity contribution in [2.24, 2.45) is 0 Å². The smallest absolute Gasteiger partial charge is 0.320 e. The van der Waals surface area contributed by atoms with E-state index in [1.165, 1.54) is 0 Å². The number of carbonyl (C=O) groups is 1. The molecular formula is C14H20BrNO2. The van der Waals surface area contributed by atoms with E-state index < -0.39 is 12.0 Å². The third-order valence-corrected chi connectivity index (χ3v) is 3.49. The van der Waals surface area contributed by atoms with E-state index in [2.05, 4.69) is 28.2 Å². The van der Waals surface area contributed by atoms with Crippen molar-refractivity contribution in [3.8, 4) is 0 Å². The van der Waals surface area contributed by atoms with Gasteiger partial charge >= 0.3 is 5.97 Å². The van der Waals surface area contributed by atoms with Gasteiger partial charge in [-0.3, -0.25) is 10.1 Å². The van der Waals surface area contributed by atoms with E-state index in [4.69, 9.17) is 5.11 Å². The second kappa shape index (κ2) is 7.54. The van der Waals surface area contributed by atoms with Crippen LogP contribution < -0.4 is 5.32 Å². The standard InChI is InChI=1S/C14H20BrNO2/c1-3-4-5-13(14(17)18)16-10(2)11-6-8-12(15)9-7-11/h6-10,13,16H,3-5H2,1-2H3,(H,17,18). The number of carboxylic acids is 1. The van der Waals surface area contributed by atoms with Crippen molar-refractivity contribution in [1.82, 2.24) is 5.32 Å². The Hall–Kier alpha value is -0.870. The highest BCUT2D eigenvalue weighted by Gasteiger charge is 2.19. The van der Waals surface area contributed by atoms with Crippen LogP contribution in [0.15, 0.2) is 28.7 Å². The maximum Gasteiger partial charge on any atom is 0.320 e. The topological polar surface area (TPSA) is 49.3 Å². The van der Waals surface area contributed by atoms with Crippen LogP contribution in [0.4, 0.5) is 0 Å². The van der Waals surface area contributed by atoms with Gasteiger partial charge in [0, 0.05) is 10.5 Å². The minimum atomic E-state index is -0.771. The normalized spacial score (nSPS) is 14.2. The van der Waals surface area contributed by atoms with Crippen molar-refractivity contribution < 1.29 is 9.90 Å². The third-order valence-electron chi connectivity index (χ3n) is 2.97. The average Bonchev–Trinajstić information content (AvgIpc) is 2.34. The Labute approximate surface area is 117 Å².